The van der Waals surface area contributed by atoms with Crippen molar-refractivity contribution in [2.24, 2.45) is 0 Å². The normalized spacial score (nSPS) is 11.3. The number of oxazole rings is 1. The van der Waals surface area contributed by atoms with Crippen molar-refractivity contribution in [1.29, 1.82) is 0 Å². The van der Waals surface area contributed by atoms with Crippen LogP contribution >= 0.6 is 0 Å². The number of aromatic nitrogens is 5. The topological polar surface area (TPSA) is 82.8 Å². The van der Waals surface area contributed by atoms with Crippen molar-refractivity contribution in [2.75, 3.05) is 0 Å². The minimum atomic E-state index is 0.325. The van der Waals surface area contributed by atoms with E-state index in [-0.39, 0.29) is 0 Å². The Kier molecular flexibility index (Phi) is 3.57. The summed E-state index contributed by atoms with van der Waals surface area (Å²) in [5.74, 6) is 1.33. The Morgan fingerprint density at radius 3 is 2.85 bits per heavy atom. The van der Waals surface area contributed by atoms with E-state index in [0.29, 0.717) is 29.7 Å². The first-order valence-electron chi connectivity index (χ1n) is 8.51. The molecule has 0 saturated carbocycles. The number of hydrogen-bond acceptors (Lipinski definition) is 6. The van der Waals surface area contributed by atoms with Crippen LogP contribution in [0.4, 0.5) is 0 Å². The maximum Gasteiger partial charge on any atom is 0.295 e. The van der Waals surface area contributed by atoms with Gasteiger partial charge in [0.1, 0.15) is 0 Å². The number of fused-ring (bicyclic) bond motifs is 1. The first-order chi connectivity index (χ1) is 13.3. The molecule has 0 saturated heterocycles. The molecule has 0 aliphatic carbocycles. The predicted octanol–water partition coefficient (Wildman–Crippen LogP) is 4.10. The van der Waals surface area contributed by atoms with Crippen molar-refractivity contribution in [2.45, 2.75) is 13.5 Å². The van der Waals surface area contributed by atoms with E-state index >= 15 is 0 Å². The highest BCUT2D eigenvalue weighted by Gasteiger charge is 2.16. The fraction of sp³-hybridized carbons (Fsp3) is 0.100. The van der Waals surface area contributed by atoms with Gasteiger partial charge in [0.2, 0.25) is 11.6 Å². The molecule has 0 aliphatic rings. The molecule has 0 radical (unpaired) electrons. The Balaban J connectivity index is 1.46. The minimum Gasteiger partial charge on any atom is -0.438 e. The number of benzene rings is 2. The summed E-state index contributed by atoms with van der Waals surface area (Å²) in [7, 11) is 0. The van der Waals surface area contributed by atoms with Crippen LogP contribution in [0.5, 0.6) is 0 Å². The van der Waals surface area contributed by atoms with Gasteiger partial charge in [-0.3, -0.25) is 0 Å². The van der Waals surface area contributed by atoms with Gasteiger partial charge in [0, 0.05) is 12.1 Å². The first kappa shape index (κ1) is 15.5. The van der Waals surface area contributed by atoms with Crippen LogP contribution in [0.3, 0.4) is 0 Å². The molecule has 0 N–H and O–H groups in total. The van der Waals surface area contributed by atoms with Gasteiger partial charge in [0.05, 0.1) is 23.1 Å². The fourth-order valence-corrected chi connectivity index (χ4v) is 3.08. The lowest BCUT2D eigenvalue weighted by molar-refractivity contribution is 0.416. The second-order valence-corrected chi connectivity index (χ2v) is 6.25. The average molecular weight is 357 g/mol. The number of hydrogen-bond donors (Lipinski definition) is 0. The summed E-state index contributed by atoms with van der Waals surface area (Å²) in [6.07, 6.45) is 3.22. The zero-order chi connectivity index (χ0) is 18.2. The van der Waals surface area contributed by atoms with Gasteiger partial charge in [-0.15, -0.1) is 0 Å². The molecule has 3 aromatic heterocycles. The molecular formula is C20H15N5O2. The van der Waals surface area contributed by atoms with Gasteiger partial charge in [-0.25, -0.2) is 9.97 Å². The fourth-order valence-electron chi connectivity index (χ4n) is 3.08. The van der Waals surface area contributed by atoms with E-state index in [1.165, 1.54) is 6.39 Å². The van der Waals surface area contributed by atoms with E-state index < -0.39 is 0 Å². The smallest absolute Gasteiger partial charge is 0.295 e. The van der Waals surface area contributed by atoms with Crippen LogP contribution in [-0.2, 0) is 6.54 Å². The lowest BCUT2D eigenvalue weighted by Crippen LogP contribution is -1.98. The Bertz CT molecular complexity index is 1230. The van der Waals surface area contributed by atoms with Gasteiger partial charge < -0.3 is 13.5 Å². The van der Waals surface area contributed by atoms with Crippen LogP contribution < -0.4 is 0 Å². The molecule has 5 aromatic rings. The van der Waals surface area contributed by atoms with Gasteiger partial charge >= 0.3 is 0 Å². The third-order valence-electron chi connectivity index (χ3n) is 4.43. The molecular weight excluding hydrogens is 342 g/mol. The molecule has 0 aliphatic heterocycles. The first-order valence-corrected chi connectivity index (χ1v) is 8.51. The number of imidazole rings is 1. The molecule has 132 valence electrons. The third-order valence-corrected chi connectivity index (χ3v) is 4.43. The number of para-hydroxylation sites is 2. The van der Waals surface area contributed by atoms with Crippen LogP contribution in [-0.4, -0.2) is 24.7 Å². The van der Waals surface area contributed by atoms with Crippen molar-refractivity contribution >= 4 is 11.0 Å². The quantitative estimate of drug-likeness (QED) is 0.482. The summed E-state index contributed by atoms with van der Waals surface area (Å²) < 4.78 is 12.8. The monoisotopic (exact) mass is 357 g/mol. The highest BCUT2D eigenvalue weighted by Crippen LogP contribution is 2.25. The Labute approximate surface area is 154 Å². The third kappa shape index (κ3) is 2.79. The van der Waals surface area contributed by atoms with E-state index in [0.717, 1.165) is 22.2 Å². The second kappa shape index (κ2) is 6.21. The van der Waals surface area contributed by atoms with Crippen LogP contribution in [0, 0.1) is 6.92 Å². The Morgan fingerprint density at radius 2 is 1.96 bits per heavy atom. The van der Waals surface area contributed by atoms with Crippen LogP contribution in [0.2, 0.25) is 0 Å². The van der Waals surface area contributed by atoms with Crippen molar-refractivity contribution in [3.63, 3.8) is 0 Å². The molecule has 7 nitrogen and oxygen atoms in total. The Hall–Kier alpha value is -3.74. The van der Waals surface area contributed by atoms with Crippen LogP contribution in [0.15, 0.2) is 70.2 Å². The highest BCUT2D eigenvalue weighted by molar-refractivity contribution is 5.75. The van der Waals surface area contributed by atoms with Gasteiger partial charge in [-0.05, 0) is 30.7 Å². The average Bonchev–Trinajstić information content (AvgIpc) is 3.42. The van der Waals surface area contributed by atoms with E-state index in [2.05, 4.69) is 42.9 Å². The molecule has 0 bridgehead atoms. The van der Waals surface area contributed by atoms with E-state index in [9.17, 15) is 0 Å². The predicted molar refractivity (Wildman–Crippen MR) is 98.8 cm³/mol. The summed E-state index contributed by atoms with van der Waals surface area (Å²) in [4.78, 5) is 12.9. The van der Waals surface area contributed by atoms with Crippen molar-refractivity contribution in [1.82, 2.24) is 24.7 Å². The lowest BCUT2D eigenvalue weighted by Gasteiger charge is -2.05. The van der Waals surface area contributed by atoms with Crippen LogP contribution in [0.25, 0.3) is 34.1 Å². The molecule has 2 aromatic carbocycles. The van der Waals surface area contributed by atoms with Gasteiger partial charge in [0.15, 0.2) is 6.39 Å². The molecule has 0 unspecified atom stereocenters. The highest BCUT2D eigenvalue weighted by atomic mass is 16.5. The van der Waals surface area contributed by atoms with Crippen molar-refractivity contribution in [3.05, 3.63) is 72.5 Å². The van der Waals surface area contributed by atoms with Gasteiger partial charge in [-0.1, -0.05) is 35.5 Å². The Morgan fingerprint density at radius 1 is 1.04 bits per heavy atom. The standard InChI is InChI=1S/C20H15N5O2/c1-13-18(26-12-22-13)20-23-19(24-27-20)15-6-4-5-14(9-15)10-25-11-21-16-7-2-3-8-17(16)25/h2-9,11-12H,10H2,1H3. The number of aryl methyl sites for hydroxylation is 1. The van der Waals surface area contributed by atoms with E-state index in [1.54, 1.807) is 0 Å². The molecule has 0 atom stereocenters. The SMILES string of the molecule is Cc1ncoc1-c1nc(-c2cccc(Cn3cnc4ccccc43)c2)no1. The molecule has 3 heterocycles. The van der Waals surface area contributed by atoms with Crippen molar-refractivity contribution < 1.29 is 8.94 Å². The molecule has 0 amide bonds. The van der Waals surface area contributed by atoms with Crippen molar-refractivity contribution in [3.8, 4) is 23.0 Å². The minimum absolute atomic E-state index is 0.325. The maximum absolute atomic E-state index is 5.34. The van der Waals surface area contributed by atoms with E-state index in [4.69, 9.17) is 8.94 Å². The van der Waals surface area contributed by atoms with Gasteiger partial charge in [0.25, 0.3) is 5.89 Å². The van der Waals surface area contributed by atoms with E-state index in [1.807, 2.05) is 43.6 Å². The summed E-state index contributed by atoms with van der Waals surface area (Å²) in [5, 5.41) is 4.08. The maximum atomic E-state index is 5.34. The molecule has 27 heavy (non-hydrogen) atoms. The van der Waals surface area contributed by atoms with Crippen LogP contribution in [0.1, 0.15) is 11.3 Å². The summed E-state index contributed by atoms with van der Waals surface area (Å²) in [6, 6.07) is 16.1. The zero-order valence-corrected chi connectivity index (χ0v) is 14.5. The number of nitrogens with zero attached hydrogens (tertiary/aromatic N) is 5. The lowest BCUT2D eigenvalue weighted by atomic mass is 10.1. The summed E-state index contributed by atoms with van der Waals surface area (Å²) >= 11 is 0. The second-order valence-electron chi connectivity index (χ2n) is 6.25. The molecule has 0 spiro atoms. The zero-order valence-electron chi connectivity index (χ0n) is 14.5. The molecule has 7 heteroatoms. The summed E-state index contributed by atoms with van der Waals surface area (Å²) in [5.41, 5.74) is 4.80. The summed E-state index contributed by atoms with van der Waals surface area (Å²) in [6.45, 7) is 2.54. The largest absolute Gasteiger partial charge is 0.438 e. The molecule has 5 rings (SSSR count). The number of rotatable bonds is 4. The molecule has 0 fully saturated rings. The van der Waals surface area contributed by atoms with Gasteiger partial charge in [-0.2, -0.15) is 4.98 Å².